The molecular weight excluding hydrogens is 276 g/mol. The predicted molar refractivity (Wildman–Crippen MR) is 74.5 cm³/mol. The van der Waals surface area contributed by atoms with E-state index in [2.05, 4.69) is 0 Å². The van der Waals surface area contributed by atoms with Crippen LogP contribution in [0.5, 0.6) is 0 Å². The minimum atomic E-state index is -3.46. The number of sulfone groups is 1. The van der Waals surface area contributed by atoms with Crippen molar-refractivity contribution < 1.29 is 17.9 Å². The van der Waals surface area contributed by atoms with Crippen LogP contribution in [0.3, 0.4) is 0 Å². The van der Waals surface area contributed by atoms with E-state index in [0.29, 0.717) is 28.6 Å². The van der Waals surface area contributed by atoms with E-state index >= 15 is 0 Å². The largest absolute Gasteiger partial charge is 0.468 e. The van der Waals surface area contributed by atoms with Crippen LogP contribution in [0.25, 0.3) is 0 Å². The second kappa shape index (κ2) is 5.22. The first-order valence-corrected chi connectivity index (χ1v) is 8.35. The lowest BCUT2D eigenvalue weighted by molar-refractivity contribution is -0.178. The van der Waals surface area contributed by atoms with E-state index in [4.69, 9.17) is 9.47 Å². The molecule has 2 atom stereocenters. The normalized spacial score (nSPS) is 26.9. The van der Waals surface area contributed by atoms with Gasteiger partial charge in [-0.1, -0.05) is 18.2 Å². The maximum absolute atomic E-state index is 12.7. The van der Waals surface area contributed by atoms with Gasteiger partial charge in [0.1, 0.15) is 5.76 Å². The van der Waals surface area contributed by atoms with E-state index in [1.54, 1.807) is 31.2 Å². The maximum Gasteiger partial charge on any atom is 0.206 e. The second-order valence-electron chi connectivity index (χ2n) is 5.26. The molecule has 1 fully saturated rings. The summed E-state index contributed by atoms with van der Waals surface area (Å²) in [5, 5.41) is 0. The van der Waals surface area contributed by atoms with Crippen LogP contribution >= 0.6 is 0 Å². The third-order valence-corrected chi connectivity index (χ3v) is 5.89. The highest BCUT2D eigenvalue weighted by Crippen LogP contribution is 2.38. The number of hydrogen-bond acceptors (Lipinski definition) is 4. The van der Waals surface area contributed by atoms with Gasteiger partial charge in [0.05, 0.1) is 16.4 Å². The van der Waals surface area contributed by atoms with Gasteiger partial charge in [-0.25, -0.2) is 8.42 Å². The summed E-state index contributed by atoms with van der Waals surface area (Å²) >= 11 is 0. The quantitative estimate of drug-likeness (QED) is 0.841. The summed E-state index contributed by atoms with van der Waals surface area (Å²) in [4.78, 5) is 0.726. The average molecular weight is 294 g/mol. The molecule has 2 aliphatic heterocycles. The van der Waals surface area contributed by atoms with Gasteiger partial charge >= 0.3 is 0 Å². The van der Waals surface area contributed by atoms with Gasteiger partial charge in [-0.05, 0) is 38.3 Å². The van der Waals surface area contributed by atoms with E-state index in [1.165, 1.54) is 0 Å². The van der Waals surface area contributed by atoms with E-state index < -0.39 is 9.84 Å². The fourth-order valence-electron chi connectivity index (χ4n) is 2.81. The van der Waals surface area contributed by atoms with Crippen LogP contribution in [0.15, 0.2) is 45.9 Å². The summed E-state index contributed by atoms with van der Waals surface area (Å²) in [5.74, 6) is 0.609. The third-order valence-electron chi connectivity index (χ3n) is 3.90. The molecule has 0 aliphatic carbocycles. The Morgan fingerprint density at radius 3 is 2.70 bits per heavy atom. The first-order chi connectivity index (χ1) is 9.59. The molecule has 0 radical (unpaired) electrons. The molecule has 5 heteroatoms. The fraction of sp³-hybridized carbons (Fsp3) is 0.467. The molecule has 0 bridgehead atoms. The first-order valence-electron chi connectivity index (χ1n) is 6.87. The van der Waals surface area contributed by atoms with Crippen LogP contribution in [0.2, 0.25) is 0 Å². The minimum absolute atomic E-state index is 0.140. The zero-order chi connectivity index (χ0) is 14.2. The van der Waals surface area contributed by atoms with E-state index in [0.717, 1.165) is 12.8 Å². The Hall–Kier alpha value is -1.33. The van der Waals surface area contributed by atoms with Gasteiger partial charge in [-0.3, -0.25) is 0 Å². The molecule has 3 rings (SSSR count). The van der Waals surface area contributed by atoms with Crippen LogP contribution in [-0.2, 0) is 19.3 Å². The summed E-state index contributed by atoms with van der Waals surface area (Å²) < 4.78 is 36.6. The van der Waals surface area contributed by atoms with Crippen molar-refractivity contribution in [3.05, 3.63) is 41.0 Å². The van der Waals surface area contributed by atoms with Crippen LogP contribution in [-0.4, -0.2) is 21.3 Å². The zero-order valence-corrected chi connectivity index (χ0v) is 12.2. The van der Waals surface area contributed by atoms with E-state index in [9.17, 15) is 8.42 Å². The third kappa shape index (κ3) is 2.36. The zero-order valence-electron chi connectivity index (χ0n) is 11.4. The van der Waals surface area contributed by atoms with E-state index in [-0.39, 0.29) is 12.2 Å². The molecule has 0 spiro atoms. The molecule has 1 aromatic rings. The first kappa shape index (κ1) is 13.6. The van der Waals surface area contributed by atoms with Crippen LogP contribution < -0.4 is 0 Å². The lowest BCUT2D eigenvalue weighted by Gasteiger charge is -2.36. The topological polar surface area (TPSA) is 52.6 Å². The number of fused-ring (bicyclic) bond motifs is 1. The van der Waals surface area contributed by atoms with Crippen molar-refractivity contribution in [2.24, 2.45) is 5.92 Å². The maximum atomic E-state index is 12.7. The van der Waals surface area contributed by atoms with Gasteiger partial charge in [-0.15, -0.1) is 0 Å². The van der Waals surface area contributed by atoms with Crippen LogP contribution in [0.4, 0.5) is 0 Å². The molecule has 0 amide bonds. The fourth-order valence-corrected chi connectivity index (χ4v) is 4.47. The number of benzene rings is 1. The van der Waals surface area contributed by atoms with Gasteiger partial charge in [-0.2, -0.15) is 0 Å². The standard InChI is InChI=1S/C15H18O4S/c1-11-14(10-12-6-5-9-18-15(12)19-11)20(16,17)13-7-3-2-4-8-13/h2-4,7-8,12,15H,5-6,9-10H2,1H3/t12-,15+/m0/s1. The molecule has 0 unspecified atom stereocenters. The molecule has 0 N–H and O–H groups in total. The highest BCUT2D eigenvalue weighted by molar-refractivity contribution is 7.95. The van der Waals surface area contributed by atoms with Crippen molar-refractivity contribution >= 4 is 9.84 Å². The molecule has 1 saturated heterocycles. The van der Waals surface area contributed by atoms with Crippen molar-refractivity contribution in [1.82, 2.24) is 0 Å². The highest BCUT2D eigenvalue weighted by Gasteiger charge is 2.38. The Balaban J connectivity index is 1.97. The minimum Gasteiger partial charge on any atom is -0.468 e. The summed E-state index contributed by atoms with van der Waals surface area (Å²) in [6.45, 7) is 2.40. The number of allylic oxidation sites excluding steroid dienone is 2. The average Bonchev–Trinajstić information content (AvgIpc) is 2.47. The van der Waals surface area contributed by atoms with Crippen molar-refractivity contribution in [3.63, 3.8) is 0 Å². The lowest BCUT2D eigenvalue weighted by atomic mass is 9.94. The Morgan fingerprint density at radius 2 is 1.95 bits per heavy atom. The smallest absolute Gasteiger partial charge is 0.206 e. The Labute approximate surface area is 119 Å². The van der Waals surface area contributed by atoms with Gasteiger partial charge in [0.2, 0.25) is 16.1 Å². The summed E-state index contributed by atoms with van der Waals surface area (Å²) in [5.41, 5.74) is 0. The van der Waals surface area contributed by atoms with Crippen molar-refractivity contribution in [1.29, 1.82) is 0 Å². The van der Waals surface area contributed by atoms with Crippen molar-refractivity contribution in [3.8, 4) is 0 Å². The Morgan fingerprint density at radius 1 is 1.20 bits per heavy atom. The summed E-state index contributed by atoms with van der Waals surface area (Å²) in [6.07, 6.45) is 2.14. The Kier molecular flexibility index (Phi) is 3.56. The van der Waals surface area contributed by atoms with Crippen LogP contribution in [0.1, 0.15) is 26.2 Å². The lowest BCUT2D eigenvalue weighted by Crippen LogP contribution is -2.36. The van der Waals surface area contributed by atoms with Gasteiger partial charge in [0.25, 0.3) is 0 Å². The van der Waals surface area contributed by atoms with Gasteiger partial charge in [0, 0.05) is 5.92 Å². The van der Waals surface area contributed by atoms with Crippen molar-refractivity contribution in [2.75, 3.05) is 6.61 Å². The van der Waals surface area contributed by atoms with Crippen LogP contribution in [0, 0.1) is 5.92 Å². The summed E-state index contributed by atoms with van der Waals surface area (Å²) in [6, 6.07) is 8.53. The van der Waals surface area contributed by atoms with Crippen molar-refractivity contribution in [2.45, 2.75) is 37.4 Å². The van der Waals surface area contributed by atoms with Gasteiger partial charge < -0.3 is 9.47 Å². The predicted octanol–water partition coefficient (Wildman–Crippen LogP) is 2.86. The Bertz CT molecular complexity index is 619. The highest BCUT2D eigenvalue weighted by atomic mass is 32.2. The molecular formula is C15H18O4S. The molecule has 2 aliphatic rings. The summed E-state index contributed by atoms with van der Waals surface area (Å²) in [7, 11) is -3.46. The molecule has 0 aromatic heterocycles. The molecule has 2 heterocycles. The molecule has 4 nitrogen and oxygen atoms in total. The SMILES string of the molecule is CC1=C(S(=O)(=O)c2ccccc2)C[C@@H]2CCCO[C@@H]2O1. The molecule has 1 aromatic carbocycles. The number of ether oxygens (including phenoxy) is 2. The van der Waals surface area contributed by atoms with Gasteiger partial charge in [0.15, 0.2) is 0 Å². The monoisotopic (exact) mass is 294 g/mol. The van der Waals surface area contributed by atoms with E-state index in [1.807, 2.05) is 6.07 Å². The molecule has 20 heavy (non-hydrogen) atoms. The number of rotatable bonds is 2. The second-order valence-corrected chi connectivity index (χ2v) is 7.23. The number of hydrogen-bond donors (Lipinski definition) is 0. The molecule has 108 valence electrons. The molecule has 0 saturated carbocycles.